The molecule has 0 aromatic heterocycles. The van der Waals surface area contributed by atoms with Crippen LogP contribution in [-0.2, 0) is 10.4 Å². The van der Waals surface area contributed by atoms with E-state index in [0.29, 0.717) is 27.6 Å². The third-order valence-electron chi connectivity index (χ3n) is 3.86. The maximum Gasteiger partial charge on any atom is 0.261 e. The molecule has 0 fully saturated rings. The molecule has 0 saturated carbocycles. The highest BCUT2D eigenvalue weighted by molar-refractivity contribution is 6.31. The number of aliphatic hydroxyl groups is 1. The molecule has 1 aliphatic heterocycles. The van der Waals surface area contributed by atoms with Crippen molar-refractivity contribution in [2.45, 2.75) is 12.0 Å². The molecule has 1 heterocycles. The largest absolute Gasteiger partial charge is 0.497 e. The third-order valence-corrected chi connectivity index (χ3v) is 4.09. The Kier molecular flexibility index (Phi) is 3.83. The standard InChI is InChI=1S/C17H14ClNO4/c1-23-12-4-2-3-10(7-12)15(20)9-17(22)13-8-11(18)5-6-14(13)19-16(17)21/h2-8,22H,9H2,1H3,(H,19,21)/t17-/m1/s1. The average Bonchev–Trinajstić information content (AvgIpc) is 2.78. The van der Waals surface area contributed by atoms with Crippen LogP contribution in [0.15, 0.2) is 42.5 Å². The number of carbonyl (C=O) groups is 2. The first-order valence-corrected chi connectivity index (χ1v) is 7.33. The molecule has 0 aliphatic carbocycles. The lowest BCUT2D eigenvalue weighted by Gasteiger charge is -2.20. The molecule has 1 amide bonds. The number of carbonyl (C=O) groups excluding carboxylic acids is 2. The fourth-order valence-corrected chi connectivity index (χ4v) is 2.79. The minimum absolute atomic E-state index is 0.311. The molecule has 5 nitrogen and oxygen atoms in total. The third kappa shape index (κ3) is 2.69. The smallest absolute Gasteiger partial charge is 0.261 e. The lowest BCUT2D eigenvalue weighted by Crippen LogP contribution is -2.36. The van der Waals surface area contributed by atoms with Crippen LogP contribution >= 0.6 is 11.6 Å². The van der Waals surface area contributed by atoms with Gasteiger partial charge in [0.25, 0.3) is 5.91 Å². The van der Waals surface area contributed by atoms with Crippen molar-refractivity contribution in [1.82, 2.24) is 0 Å². The Bertz CT molecular complexity index is 805. The van der Waals surface area contributed by atoms with Crippen LogP contribution in [0.5, 0.6) is 5.75 Å². The number of rotatable bonds is 4. The van der Waals surface area contributed by atoms with Crippen molar-refractivity contribution in [2.24, 2.45) is 0 Å². The van der Waals surface area contributed by atoms with Crippen LogP contribution in [0.3, 0.4) is 0 Å². The number of amides is 1. The number of ether oxygens (including phenoxy) is 1. The minimum atomic E-state index is -1.93. The molecule has 6 heteroatoms. The van der Waals surface area contributed by atoms with Gasteiger partial charge >= 0.3 is 0 Å². The fourth-order valence-electron chi connectivity index (χ4n) is 2.62. The predicted molar refractivity (Wildman–Crippen MR) is 85.9 cm³/mol. The Morgan fingerprint density at radius 2 is 2.09 bits per heavy atom. The Labute approximate surface area is 137 Å². The van der Waals surface area contributed by atoms with Gasteiger partial charge in [-0.15, -0.1) is 0 Å². The number of anilines is 1. The number of ketones is 1. The summed E-state index contributed by atoms with van der Waals surface area (Å²) in [7, 11) is 1.50. The van der Waals surface area contributed by atoms with Gasteiger partial charge in [0.2, 0.25) is 0 Å². The number of fused-ring (bicyclic) bond motifs is 1. The van der Waals surface area contributed by atoms with Crippen molar-refractivity contribution in [2.75, 3.05) is 12.4 Å². The Morgan fingerprint density at radius 3 is 2.83 bits per heavy atom. The van der Waals surface area contributed by atoms with E-state index in [2.05, 4.69) is 5.32 Å². The quantitative estimate of drug-likeness (QED) is 0.845. The van der Waals surface area contributed by atoms with Crippen LogP contribution in [0, 0.1) is 0 Å². The van der Waals surface area contributed by atoms with Gasteiger partial charge in [0.05, 0.1) is 13.5 Å². The predicted octanol–water partition coefficient (Wildman–Crippen LogP) is 2.76. The monoisotopic (exact) mass is 331 g/mol. The molecular weight excluding hydrogens is 318 g/mol. The molecule has 0 saturated heterocycles. The molecule has 0 spiro atoms. The first-order valence-electron chi connectivity index (χ1n) is 6.95. The molecule has 23 heavy (non-hydrogen) atoms. The number of methoxy groups -OCH3 is 1. The van der Waals surface area contributed by atoms with Crippen LogP contribution in [0.25, 0.3) is 0 Å². The van der Waals surface area contributed by atoms with Gasteiger partial charge in [0, 0.05) is 21.8 Å². The number of hydrogen-bond acceptors (Lipinski definition) is 4. The molecule has 118 valence electrons. The van der Waals surface area contributed by atoms with Crippen LogP contribution in [0.1, 0.15) is 22.3 Å². The molecule has 2 aromatic rings. The highest BCUT2D eigenvalue weighted by Crippen LogP contribution is 2.40. The van der Waals surface area contributed by atoms with Crippen molar-refractivity contribution >= 4 is 29.0 Å². The van der Waals surface area contributed by atoms with E-state index in [4.69, 9.17) is 16.3 Å². The molecule has 0 unspecified atom stereocenters. The number of halogens is 1. The fraction of sp³-hybridized carbons (Fsp3) is 0.176. The number of hydrogen-bond donors (Lipinski definition) is 2. The van der Waals surface area contributed by atoms with Crippen molar-refractivity contribution in [3.8, 4) is 5.75 Å². The maximum atomic E-state index is 12.5. The van der Waals surface area contributed by atoms with E-state index in [1.807, 2.05) is 0 Å². The lowest BCUT2D eigenvalue weighted by atomic mass is 9.88. The summed E-state index contributed by atoms with van der Waals surface area (Å²) >= 11 is 5.94. The van der Waals surface area contributed by atoms with Gasteiger partial charge in [-0.3, -0.25) is 9.59 Å². The molecule has 0 radical (unpaired) electrons. The van der Waals surface area contributed by atoms with Gasteiger partial charge in [-0.2, -0.15) is 0 Å². The van der Waals surface area contributed by atoms with Crippen molar-refractivity contribution in [1.29, 1.82) is 0 Å². The highest BCUT2D eigenvalue weighted by Gasteiger charge is 2.46. The van der Waals surface area contributed by atoms with Gasteiger partial charge < -0.3 is 15.2 Å². The second kappa shape index (κ2) is 5.68. The van der Waals surface area contributed by atoms with Gasteiger partial charge in [-0.25, -0.2) is 0 Å². The molecule has 2 N–H and O–H groups in total. The van der Waals surface area contributed by atoms with Gasteiger partial charge in [-0.1, -0.05) is 23.7 Å². The summed E-state index contributed by atoms with van der Waals surface area (Å²) in [6.45, 7) is 0. The van der Waals surface area contributed by atoms with Crippen molar-refractivity contribution < 1.29 is 19.4 Å². The molecular formula is C17H14ClNO4. The van der Waals surface area contributed by atoms with Gasteiger partial charge in [-0.05, 0) is 30.3 Å². The zero-order valence-corrected chi connectivity index (χ0v) is 13.1. The zero-order valence-electron chi connectivity index (χ0n) is 12.3. The summed E-state index contributed by atoms with van der Waals surface area (Å²) in [5.41, 5.74) is -0.798. The number of Topliss-reactive ketones (excluding diaryl/α,β-unsaturated/α-hetero) is 1. The summed E-state index contributed by atoms with van der Waals surface area (Å²) in [4.78, 5) is 24.7. The number of nitrogens with one attached hydrogen (secondary N) is 1. The van der Waals surface area contributed by atoms with E-state index >= 15 is 0 Å². The van der Waals surface area contributed by atoms with E-state index in [-0.39, 0.29) is 12.2 Å². The summed E-state index contributed by atoms with van der Waals surface area (Å²) in [6, 6.07) is 11.3. The Morgan fingerprint density at radius 1 is 1.30 bits per heavy atom. The van der Waals surface area contributed by atoms with Crippen LogP contribution in [0.4, 0.5) is 5.69 Å². The lowest BCUT2D eigenvalue weighted by molar-refractivity contribution is -0.133. The molecule has 2 aromatic carbocycles. The van der Waals surface area contributed by atoms with E-state index in [9.17, 15) is 14.7 Å². The summed E-state index contributed by atoms with van der Waals surface area (Å²) in [5.74, 6) is -0.470. The van der Waals surface area contributed by atoms with E-state index in [1.54, 1.807) is 36.4 Å². The first kappa shape index (κ1) is 15.5. The average molecular weight is 332 g/mol. The SMILES string of the molecule is COc1cccc(C(=O)C[C@]2(O)C(=O)Nc3ccc(Cl)cc32)c1. The number of benzene rings is 2. The topological polar surface area (TPSA) is 75.6 Å². The summed E-state index contributed by atoms with van der Waals surface area (Å²) in [6.07, 6.45) is -0.376. The van der Waals surface area contributed by atoms with E-state index in [0.717, 1.165) is 0 Å². The summed E-state index contributed by atoms with van der Waals surface area (Å²) in [5, 5.41) is 13.7. The first-order chi connectivity index (χ1) is 10.9. The zero-order chi connectivity index (χ0) is 16.6. The highest BCUT2D eigenvalue weighted by atomic mass is 35.5. The second-order valence-electron chi connectivity index (χ2n) is 5.34. The normalized spacial score (nSPS) is 19.2. The van der Waals surface area contributed by atoms with E-state index < -0.39 is 11.5 Å². The Hall–Kier alpha value is -2.37. The van der Waals surface area contributed by atoms with Crippen molar-refractivity contribution in [3.05, 3.63) is 58.6 Å². The summed E-state index contributed by atoms with van der Waals surface area (Å²) < 4.78 is 5.08. The van der Waals surface area contributed by atoms with E-state index in [1.165, 1.54) is 13.2 Å². The molecule has 1 atom stereocenters. The van der Waals surface area contributed by atoms with Crippen molar-refractivity contribution in [3.63, 3.8) is 0 Å². The van der Waals surface area contributed by atoms with Crippen LogP contribution in [-0.4, -0.2) is 23.9 Å². The van der Waals surface area contributed by atoms with Gasteiger partial charge in [0.15, 0.2) is 11.4 Å². The van der Waals surface area contributed by atoms with Crippen LogP contribution < -0.4 is 10.1 Å². The molecule has 3 rings (SSSR count). The maximum absolute atomic E-state index is 12.5. The Balaban J connectivity index is 1.94. The molecule has 1 aliphatic rings. The molecule has 0 bridgehead atoms. The minimum Gasteiger partial charge on any atom is -0.497 e. The second-order valence-corrected chi connectivity index (χ2v) is 5.77. The van der Waals surface area contributed by atoms with Crippen LogP contribution in [0.2, 0.25) is 5.02 Å². The van der Waals surface area contributed by atoms with Gasteiger partial charge in [0.1, 0.15) is 5.75 Å².